The molecule has 0 amide bonds. The van der Waals surface area contributed by atoms with Gasteiger partial charge >= 0.3 is 0 Å². The molecule has 3 heteroatoms. The number of hydrogen-bond donors (Lipinski definition) is 1. The van der Waals surface area contributed by atoms with Gasteiger partial charge in [0, 0.05) is 6.04 Å². The Bertz CT molecular complexity index is 425. The number of rotatable bonds is 3. The number of methoxy groups -OCH3 is 1. The van der Waals surface area contributed by atoms with Crippen LogP contribution in [0.5, 0.6) is 5.75 Å². The molecule has 1 aliphatic heterocycles. The van der Waals surface area contributed by atoms with E-state index in [1.54, 1.807) is 7.11 Å². The summed E-state index contributed by atoms with van der Waals surface area (Å²) >= 11 is 6.38. The summed E-state index contributed by atoms with van der Waals surface area (Å²) in [7, 11) is 1.70. The molecule has 1 fully saturated rings. The summed E-state index contributed by atoms with van der Waals surface area (Å²) in [6.45, 7) is 5.28. The smallest absolute Gasteiger partial charge is 0.140 e. The van der Waals surface area contributed by atoms with Crippen molar-refractivity contribution >= 4 is 11.6 Å². The van der Waals surface area contributed by atoms with Crippen molar-refractivity contribution in [3.05, 3.63) is 27.8 Å². The third-order valence-electron chi connectivity index (χ3n) is 3.89. The van der Waals surface area contributed by atoms with Crippen molar-refractivity contribution in [2.24, 2.45) is 0 Å². The van der Waals surface area contributed by atoms with Gasteiger partial charge in [0.15, 0.2) is 0 Å². The number of piperidine rings is 1. The molecule has 1 N–H and O–H groups in total. The highest BCUT2D eigenvalue weighted by Gasteiger charge is 2.18. The van der Waals surface area contributed by atoms with Gasteiger partial charge in [-0.25, -0.2) is 0 Å². The summed E-state index contributed by atoms with van der Waals surface area (Å²) in [5.41, 5.74) is 3.59. The van der Waals surface area contributed by atoms with Crippen LogP contribution in [-0.2, 0) is 6.42 Å². The van der Waals surface area contributed by atoms with E-state index in [2.05, 4.69) is 18.3 Å². The van der Waals surface area contributed by atoms with E-state index in [1.807, 2.05) is 6.92 Å². The maximum Gasteiger partial charge on any atom is 0.140 e. The number of aryl methyl sites for hydroxylation is 1. The summed E-state index contributed by atoms with van der Waals surface area (Å²) in [6, 6.07) is 2.78. The molecule has 0 spiro atoms. The summed E-state index contributed by atoms with van der Waals surface area (Å²) in [6.07, 6.45) is 4.86. The monoisotopic (exact) mass is 267 g/mol. The largest absolute Gasteiger partial charge is 0.495 e. The zero-order valence-corrected chi connectivity index (χ0v) is 12.2. The second kappa shape index (κ2) is 5.94. The second-order valence-electron chi connectivity index (χ2n) is 5.18. The summed E-state index contributed by atoms with van der Waals surface area (Å²) in [4.78, 5) is 0. The maximum absolute atomic E-state index is 6.38. The van der Waals surface area contributed by atoms with Crippen molar-refractivity contribution in [3.63, 3.8) is 0 Å². The van der Waals surface area contributed by atoms with E-state index in [4.69, 9.17) is 16.3 Å². The number of hydrogen-bond acceptors (Lipinski definition) is 2. The Hall–Kier alpha value is -0.730. The highest BCUT2D eigenvalue weighted by atomic mass is 35.5. The highest BCUT2D eigenvalue weighted by molar-refractivity contribution is 6.33. The van der Waals surface area contributed by atoms with Gasteiger partial charge in [-0.2, -0.15) is 0 Å². The Labute approximate surface area is 115 Å². The van der Waals surface area contributed by atoms with Crippen LogP contribution in [0.3, 0.4) is 0 Å². The second-order valence-corrected chi connectivity index (χ2v) is 5.55. The van der Waals surface area contributed by atoms with Crippen LogP contribution in [0.15, 0.2) is 6.07 Å². The SMILES string of the molecule is COc1c(CC2CCCCN2)cc(C)c(C)c1Cl. The predicted octanol–water partition coefficient (Wildman–Crippen LogP) is 3.65. The number of halogens is 1. The molecule has 100 valence electrons. The van der Waals surface area contributed by atoms with E-state index in [9.17, 15) is 0 Å². The molecule has 0 aliphatic carbocycles. The number of benzene rings is 1. The van der Waals surface area contributed by atoms with E-state index in [-0.39, 0.29) is 0 Å². The van der Waals surface area contributed by atoms with Crippen LogP contribution in [0.4, 0.5) is 0 Å². The van der Waals surface area contributed by atoms with E-state index in [0.717, 1.165) is 29.3 Å². The molecule has 2 nitrogen and oxygen atoms in total. The molecule has 0 aromatic heterocycles. The van der Waals surface area contributed by atoms with Gasteiger partial charge in [0.1, 0.15) is 5.75 Å². The van der Waals surface area contributed by atoms with Gasteiger partial charge in [-0.3, -0.25) is 0 Å². The molecule has 1 atom stereocenters. The summed E-state index contributed by atoms with van der Waals surface area (Å²) < 4.78 is 5.49. The zero-order chi connectivity index (χ0) is 13.1. The van der Waals surface area contributed by atoms with Crippen molar-refractivity contribution in [1.29, 1.82) is 0 Å². The molecule has 0 saturated carbocycles. The minimum absolute atomic E-state index is 0.561. The van der Waals surface area contributed by atoms with E-state index in [0.29, 0.717) is 6.04 Å². The molecule has 1 unspecified atom stereocenters. The molecule has 2 rings (SSSR count). The summed E-state index contributed by atoms with van der Waals surface area (Å²) in [5, 5.41) is 4.34. The molecule has 1 aromatic rings. The Balaban J connectivity index is 2.25. The Morgan fingerprint density at radius 2 is 2.17 bits per heavy atom. The van der Waals surface area contributed by atoms with Crippen molar-refractivity contribution in [2.75, 3.05) is 13.7 Å². The topological polar surface area (TPSA) is 21.3 Å². The molecule has 1 heterocycles. The van der Waals surface area contributed by atoms with Crippen LogP contribution in [-0.4, -0.2) is 19.7 Å². The molecule has 1 aliphatic rings. The third-order valence-corrected chi connectivity index (χ3v) is 4.34. The average Bonchev–Trinajstić information content (AvgIpc) is 2.38. The lowest BCUT2D eigenvalue weighted by Crippen LogP contribution is -2.35. The molecule has 0 bridgehead atoms. The first-order valence-corrected chi connectivity index (χ1v) is 7.07. The van der Waals surface area contributed by atoms with Crippen molar-refractivity contribution in [2.45, 2.75) is 45.6 Å². The molecule has 1 aromatic carbocycles. The van der Waals surface area contributed by atoms with Gasteiger partial charge < -0.3 is 10.1 Å². The fourth-order valence-corrected chi connectivity index (χ4v) is 3.00. The quantitative estimate of drug-likeness (QED) is 0.903. The van der Waals surface area contributed by atoms with Crippen LogP contribution in [0.25, 0.3) is 0 Å². The lowest BCUT2D eigenvalue weighted by Gasteiger charge is -2.25. The normalized spacial score (nSPS) is 19.9. The van der Waals surface area contributed by atoms with Gasteiger partial charge in [-0.1, -0.05) is 24.1 Å². The van der Waals surface area contributed by atoms with E-state index < -0.39 is 0 Å². The van der Waals surface area contributed by atoms with Gasteiger partial charge in [0.25, 0.3) is 0 Å². The standard InChI is InChI=1S/C15H22ClNO/c1-10-8-12(9-13-6-4-5-7-17-13)15(18-3)14(16)11(10)2/h8,13,17H,4-7,9H2,1-3H3. The minimum atomic E-state index is 0.561. The van der Waals surface area contributed by atoms with Crippen LogP contribution < -0.4 is 10.1 Å². The number of nitrogens with one attached hydrogen (secondary N) is 1. The number of ether oxygens (including phenoxy) is 1. The van der Waals surface area contributed by atoms with Crippen molar-refractivity contribution in [1.82, 2.24) is 5.32 Å². The predicted molar refractivity (Wildman–Crippen MR) is 76.8 cm³/mol. The van der Waals surface area contributed by atoms with Gasteiger partial charge in [0.2, 0.25) is 0 Å². The lowest BCUT2D eigenvalue weighted by molar-refractivity contribution is 0.381. The molecular formula is C15H22ClNO. The first-order valence-electron chi connectivity index (χ1n) is 6.69. The van der Waals surface area contributed by atoms with Gasteiger partial charge in [0.05, 0.1) is 12.1 Å². The van der Waals surface area contributed by atoms with Crippen molar-refractivity contribution < 1.29 is 4.74 Å². The lowest BCUT2D eigenvalue weighted by atomic mass is 9.95. The molecule has 1 saturated heterocycles. The first kappa shape index (κ1) is 13.7. The van der Waals surface area contributed by atoms with E-state index >= 15 is 0 Å². The minimum Gasteiger partial charge on any atom is -0.495 e. The first-order chi connectivity index (χ1) is 8.63. The van der Waals surface area contributed by atoms with Gasteiger partial charge in [-0.05, 0) is 56.3 Å². The Morgan fingerprint density at radius 1 is 1.39 bits per heavy atom. The van der Waals surface area contributed by atoms with Crippen LogP contribution in [0, 0.1) is 13.8 Å². The molecule has 18 heavy (non-hydrogen) atoms. The molecule has 0 radical (unpaired) electrons. The van der Waals surface area contributed by atoms with Crippen LogP contribution in [0.1, 0.15) is 36.0 Å². The Kier molecular flexibility index (Phi) is 4.52. The highest BCUT2D eigenvalue weighted by Crippen LogP contribution is 2.35. The van der Waals surface area contributed by atoms with E-state index in [1.165, 1.54) is 30.4 Å². The van der Waals surface area contributed by atoms with Gasteiger partial charge in [-0.15, -0.1) is 0 Å². The van der Waals surface area contributed by atoms with Crippen molar-refractivity contribution in [3.8, 4) is 5.75 Å². The maximum atomic E-state index is 6.38. The fourth-order valence-electron chi connectivity index (χ4n) is 2.66. The van der Waals surface area contributed by atoms with Crippen LogP contribution >= 0.6 is 11.6 Å². The summed E-state index contributed by atoms with van der Waals surface area (Å²) in [5.74, 6) is 0.854. The molecular weight excluding hydrogens is 246 g/mol. The Morgan fingerprint density at radius 3 is 2.78 bits per heavy atom. The fraction of sp³-hybridized carbons (Fsp3) is 0.600. The third kappa shape index (κ3) is 2.81. The van der Waals surface area contributed by atoms with Crippen LogP contribution in [0.2, 0.25) is 5.02 Å². The zero-order valence-electron chi connectivity index (χ0n) is 11.5. The average molecular weight is 268 g/mol.